The second kappa shape index (κ2) is 7.08. The molecule has 0 heterocycles. The molecule has 3 rings (SSSR count). The molecule has 1 N–H and O–H groups in total. The molecule has 1 unspecified atom stereocenters. The molecule has 0 aliphatic heterocycles. The van der Waals surface area contributed by atoms with Crippen molar-refractivity contribution in [3.63, 3.8) is 0 Å². The van der Waals surface area contributed by atoms with Gasteiger partial charge in [0.2, 0.25) is 0 Å². The van der Waals surface area contributed by atoms with Gasteiger partial charge in [-0.25, -0.2) is 0 Å². The summed E-state index contributed by atoms with van der Waals surface area (Å²) < 4.78 is 0. The molecule has 1 nitrogen and oxygen atoms in total. The Morgan fingerprint density at radius 2 is 1.74 bits per heavy atom. The number of halogens is 2. The molecule has 0 aliphatic carbocycles. The Balaban J connectivity index is 2.00. The smallest absolute Gasteiger partial charge is 0.0612 e. The summed E-state index contributed by atoms with van der Waals surface area (Å²) >= 11 is 12.1. The molecule has 3 heteroatoms. The molecule has 0 spiro atoms. The van der Waals surface area contributed by atoms with Crippen molar-refractivity contribution in [2.75, 3.05) is 5.32 Å². The first-order valence-corrected chi connectivity index (χ1v) is 8.25. The van der Waals surface area contributed by atoms with Crippen LogP contribution in [0.15, 0.2) is 73.3 Å². The summed E-state index contributed by atoms with van der Waals surface area (Å²) in [6.45, 7) is 3.89. The van der Waals surface area contributed by atoms with Gasteiger partial charge in [-0.3, -0.25) is 0 Å². The van der Waals surface area contributed by atoms with Gasteiger partial charge in [-0.2, -0.15) is 0 Å². The Labute approximate surface area is 146 Å². The molecule has 3 aromatic rings. The summed E-state index contributed by atoms with van der Waals surface area (Å²) in [6, 6.07) is 20.5. The van der Waals surface area contributed by atoms with Gasteiger partial charge in [0, 0.05) is 5.69 Å². The molecule has 23 heavy (non-hydrogen) atoms. The zero-order chi connectivity index (χ0) is 16.2. The molecule has 116 valence electrons. The predicted octanol–water partition coefficient (Wildman–Crippen LogP) is 6.88. The molecule has 0 amide bonds. The van der Waals surface area contributed by atoms with Crippen LogP contribution < -0.4 is 5.32 Å². The Morgan fingerprint density at radius 1 is 0.957 bits per heavy atom. The van der Waals surface area contributed by atoms with Crippen molar-refractivity contribution >= 4 is 39.7 Å². The Bertz CT molecular complexity index is 837. The highest BCUT2D eigenvalue weighted by Crippen LogP contribution is 2.31. The zero-order valence-electron chi connectivity index (χ0n) is 12.6. The average Bonchev–Trinajstić information content (AvgIpc) is 2.57. The third-order valence-electron chi connectivity index (χ3n) is 3.86. The molecule has 0 aliphatic rings. The Hall–Kier alpha value is -1.96. The van der Waals surface area contributed by atoms with Crippen LogP contribution in [0.1, 0.15) is 18.0 Å². The molecular formula is C20H17Cl2N. The van der Waals surface area contributed by atoms with E-state index in [0.717, 1.165) is 12.1 Å². The van der Waals surface area contributed by atoms with Crippen molar-refractivity contribution in [3.05, 3.63) is 88.9 Å². The topological polar surface area (TPSA) is 12.0 Å². The average molecular weight is 342 g/mol. The van der Waals surface area contributed by atoms with E-state index in [4.69, 9.17) is 23.2 Å². The van der Waals surface area contributed by atoms with Crippen LogP contribution in [0.4, 0.5) is 5.69 Å². The van der Waals surface area contributed by atoms with Crippen LogP contribution in [0.25, 0.3) is 10.8 Å². The second-order valence-corrected chi connectivity index (χ2v) is 6.23. The van der Waals surface area contributed by atoms with E-state index >= 15 is 0 Å². The quantitative estimate of drug-likeness (QED) is 0.499. The van der Waals surface area contributed by atoms with Crippen LogP contribution >= 0.6 is 23.2 Å². The fraction of sp³-hybridized carbons (Fsp3) is 0.100. The van der Waals surface area contributed by atoms with E-state index in [0.29, 0.717) is 10.0 Å². The summed E-state index contributed by atoms with van der Waals surface area (Å²) in [5, 5.41) is 7.12. The number of rotatable bonds is 5. The number of nitrogens with one attached hydrogen (secondary N) is 1. The number of benzene rings is 3. The minimum Gasteiger partial charge on any atom is -0.378 e. The van der Waals surface area contributed by atoms with Gasteiger partial charge in [0.1, 0.15) is 0 Å². The van der Waals surface area contributed by atoms with Gasteiger partial charge in [-0.1, -0.05) is 71.7 Å². The first-order chi connectivity index (χ1) is 11.2. The third-order valence-corrected chi connectivity index (χ3v) is 4.60. The second-order valence-electron chi connectivity index (χ2n) is 5.42. The maximum Gasteiger partial charge on any atom is 0.0612 e. The minimum absolute atomic E-state index is 0.121. The van der Waals surface area contributed by atoms with Gasteiger partial charge in [0.15, 0.2) is 0 Å². The van der Waals surface area contributed by atoms with Crippen molar-refractivity contribution in [1.82, 2.24) is 0 Å². The van der Waals surface area contributed by atoms with Gasteiger partial charge >= 0.3 is 0 Å². The zero-order valence-corrected chi connectivity index (χ0v) is 14.1. The lowest BCUT2D eigenvalue weighted by Crippen LogP contribution is -2.10. The van der Waals surface area contributed by atoms with E-state index in [9.17, 15) is 0 Å². The normalized spacial score (nSPS) is 12.1. The van der Waals surface area contributed by atoms with Crippen molar-refractivity contribution in [2.24, 2.45) is 0 Å². The fourth-order valence-corrected chi connectivity index (χ4v) is 3.07. The van der Waals surface area contributed by atoms with Gasteiger partial charge in [-0.05, 0) is 41.0 Å². The lowest BCUT2D eigenvalue weighted by molar-refractivity contribution is 0.806. The van der Waals surface area contributed by atoms with Crippen LogP contribution in [-0.4, -0.2) is 0 Å². The van der Waals surface area contributed by atoms with Gasteiger partial charge in [0.25, 0.3) is 0 Å². The number of fused-ring (bicyclic) bond motifs is 1. The highest BCUT2D eigenvalue weighted by molar-refractivity contribution is 6.42. The summed E-state index contributed by atoms with van der Waals surface area (Å²) in [7, 11) is 0. The monoisotopic (exact) mass is 341 g/mol. The SMILES string of the molecule is C=CCC(Nc1ccc(Cl)c(Cl)c1)c1cccc2ccccc12. The van der Waals surface area contributed by atoms with Crippen molar-refractivity contribution in [1.29, 1.82) is 0 Å². The molecule has 1 atom stereocenters. The molecule has 0 radical (unpaired) electrons. The third kappa shape index (κ3) is 3.52. The minimum atomic E-state index is 0.121. The van der Waals surface area contributed by atoms with Gasteiger partial charge in [0.05, 0.1) is 16.1 Å². The van der Waals surface area contributed by atoms with E-state index in [2.05, 4.69) is 54.4 Å². The molecule has 0 fully saturated rings. The Morgan fingerprint density at radius 3 is 2.52 bits per heavy atom. The van der Waals surface area contributed by atoms with Crippen molar-refractivity contribution in [3.8, 4) is 0 Å². The van der Waals surface area contributed by atoms with Crippen LogP contribution in [0, 0.1) is 0 Å². The largest absolute Gasteiger partial charge is 0.378 e. The van der Waals surface area contributed by atoms with Crippen molar-refractivity contribution in [2.45, 2.75) is 12.5 Å². The number of hydrogen-bond donors (Lipinski definition) is 1. The van der Waals surface area contributed by atoms with Gasteiger partial charge < -0.3 is 5.32 Å². The van der Waals surface area contributed by atoms with E-state index in [-0.39, 0.29) is 6.04 Å². The summed E-state index contributed by atoms with van der Waals surface area (Å²) in [5.74, 6) is 0. The number of anilines is 1. The summed E-state index contributed by atoms with van der Waals surface area (Å²) in [4.78, 5) is 0. The van der Waals surface area contributed by atoms with Crippen LogP contribution in [0.2, 0.25) is 10.0 Å². The van der Waals surface area contributed by atoms with E-state index in [1.54, 1.807) is 6.07 Å². The van der Waals surface area contributed by atoms with Crippen molar-refractivity contribution < 1.29 is 0 Å². The molecule has 0 saturated carbocycles. The van der Waals surface area contributed by atoms with E-state index in [1.807, 2.05) is 18.2 Å². The van der Waals surface area contributed by atoms with E-state index < -0.39 is 0 Å². The highest BCUT2D eigenvalue weighted by atomic mass is 35.5. The van der Waals surface area contributed by atoms with Crippen LogP contribution in [0.3, 0.4) is 0 Å². The summed E-state index contributed by atoms with van der Waals surface area (Å²) in [5.41, 5.74) is 2.19. The first kappa shape index (κ1) is 15.9. The summed E-state index contributed by atoms with van der Waals surface area (Å²) in [6.07, 6.45) is 2.74. The standard InChI is InChI=1S/C20H17Cl2N/c1-2-6-20(23-15-11-12-18(21)19(22)13-15)17-10-5-8-14-7-3-4-9-16(14)17/h2-5,7-13,20,23H,1,6H2. The highest BCUT2D eigenvalue weighted by Gasteiger charge is 2.13. The molecule has 0 saturated heterocycles. The maximum absolute atomic E-state index is 6.12. The lowest BCUT2D eigenvalue weighted by atomic mass is 9.96. The van der Waals surface area contributed by atoms with Crippen LogP contribution in [0.5, 0.6) is 0 Å². The van der Waals surface area contributed by atoms with Crippen LogP contribution in [-0.2, 0) is 0 Å². The predicted molar refractivity (Wildman–Crippen MR) is 102 cm³/mol. The first-order valence-electron chi connectivity index (χ1n) is 7.49. The fourth-order valence-electron chi connectivity index (χ4n) is 2.77. The van der Waals surface area contributed by atoms with Gasteiger partial charge in [-0.15, -0.1) is 6.58 Å². The molecular weight excluding hydrogens is 325 g/mol. The maximum atomic E-state index is 6.12. The molecule has 3 aromatic carbocycles. The number of hydrogen-bond acceptors (Lipinski definition) is 1. The lowest BCUT2D eigenvalue weighted by Gasteiger charge is -2.21. The molecule has 0 bridgehead atoms. The Kier molecular flexibility index (Phi) is 4.90. The van der Waals surface area contributed by atoms with E-state index in [1.165, 1.54) is 16.3 Å². The molecule has 0 aromatic heterocycles.